The van der Waals surface area contributed by atoms with Crippen LogP contribution >= 0.6 is 11.8 Å². The van der Waals surface area contributed by atoms with Crippen molar-refractivity contribution < 1.29 is 14.3 Å². The van der Waals surface area contributed by atoms with E-state index in [1.165, 1.54) is 12.8 Å². The summed E-state index contributed by atoms with van der Waals surface area (Å²) in [5.74, 6) is -0.167. The molecule has 0 amide bonds. The van der Waals surface area contributed by atoms with Crippen molar-refractivity contribution in [2.45, 2.75) is 23.0 Å². The van der Waals surface area contributed by atoms with Crippen molar-refractivity contribution in [1.29, 1.82) is 0 Å². The lowest BCUT2D eigenvalue weighted by Crippen LogP contribution is -2.23. The molecule has 0 saturated heterocycles. The molecule has 1 aliphatic carbocycles. The van der Waals surface area contributed by atoms with Gasteiger partial charge in [-0.15, -0.1) is 11.8 Å². The van der Waals surface area contributed by atoms with Crippen LogP contribution in [0.15, 0.2) is 15.6 Å². The zero-order valence-corrected chi connectivity index (χ0v) is 8.84. The number of anilines is 1. The maximum absolute atomic E-state index is 10.8. The minimum absolute atomic E-state index is 0.0340. The Morgan fingerprint density at radius 2 is 2.40 bits per heavy atom. The van der Waals surface area contributed by atoms with E-state index in [4.69, 9.17) is 9.52 Å². The van der Waals surface area contributed by atoms with Crippen molar-refractivity contribution in [2.75, 3.05) is 11.9 Å². The highest BCUT2D eigenvalue weighted by molar-refractivity contribution is 8.00. The van der Waals surface area contributed by atoms with E-state index in [0.29, 0.717) is 10.9 Å². The Kier molecular flexibility index (Phi) is 1.95. The van der Waals surface area contributed by atoms with Crippen LogP contribution < -0.4 is 5.32 Å². The van der Waals surface area contributed by atoms with Gasteiger partial charge < -0.3 is 14.8 Å². The molecule has 2 heterocycles. The summed E-state index contributed by atoms with van der Waals surface area (Å²) in [4.78, 5) is 11.8. The van der Waals surface area contributed by atoms with Crippen LogP contribution in [0.4, 0.5) is 5.69 Å². The van der Waals surface area contributed by atoms with E-state index in [-0.39, 0.29) is 5.76 Å². The first kappa shape index (κ1) is 9.15. The molecule has 1 fully saturated rings. The summed E-state index contributed by atoms with van der Waals surface area (Å²) >= 11 is 1.75. The van der Waals surface area contributed by atoms with Gasteiger partial charge in [0.15, 0.2) is 0 Å². The van der Waals surface area contributed by atoms with Gasteiger partial charge in [0.1, 0.15) is 12.0 Å². The number of hydrogen-bond donors (Lipinski definition) is 2. The third-order valence-corrected chi connectivity index (χ3v) is 4.27. The fourth-order valence-electron chi connectivity index (χ4n) is 1.89. The molecule has 2 N–H and O–H groups in total. The van der Waals surface area contributed by atoms with Crippen LogP contribution in [0, 0.1) is 5.92 Å². The summed E-state index contributed by atoms with van der Waals surface area (Å²) in [7, 11) is 0. The third-order valence-electron chi connectivity index (χ3n) is 2.86. The lowest BCUT2D eigenvalue weighted by molar-refractivity contribution is 0.0664. The Labute approximate surface area is 91.0 Å². The normalized spacial score (nSPS) is 24.4. The summed E-state index contributed by atoms with van der Waals surface area (Å²) in [6, 6.07) is 0. The first-order valence-electron chi connectivity index (χ1n) is 5.01. The Morgan fingerprint density at radius 3 is 3.07 bits per heavy atom. The van der Waals surface area contributed by atoms with Gasteiger partial charge in [-0.2, -0.15) is 0 Å². The Hall–Kier alpha value is -1.10. The van der Waals surface area contributed by atoms with Crippen LogP contribution in [0.3, 0.4) is 0 Å². The fraction of sp³-hybridized carbons (Fsp3) is 0.500. The molecule has 1 aliphatic heterocycles. The second-order valence-corrected chi connectivity index (χ2v) is 5.26. The van der Waals surface area contributed by atoms with Crippen molar-refractivity contribution in [1.82, 2.24) is 0 Å². The number of carboxylic acid groups (broad SMARTS) is 1. The van der Waals surface area contributed by atoms with Gasteiger partial charge in [0, 0.05) is 11.8 Å². The number of fused-ring (bicyclic) bond motifs is 1. The largest absolute Gasteiger partial charge is 0.475 e. The lowest BCUT2D eigenvalue weighted by Gasteiger charge is -2.22. The summed E-state index contributed by atoms with van der Waals surface area (Å²) in [5.41, 5.74) is 0.657. The SMILES string of the molecule is O=C(O)c1occ2c1NCC(C1CC1)S2. The van der Waals surface area contributed by atoms with Gasteiger partial charge in [0.25, 0.3) is 0 Å². The summed E-state index contributed by atoms with van der Waals surface area (Å²) < 4.78 is 5.04. The van der Waals surface area contributed by atoms with Gasteiger partial charge in [-0.05, 0) is 18.8 Å². The average Bonchev–Trinajstić information content (AvgIpc) is 2.97. The third kappa shape index (κ3) is 1.51. The minimum Gasteiger partial charge on any atom is -0.475 e. The van der Waals surface area contributed by atoms with Gasteiger partial charge in [0.05, 0.1) is 4.90 Å². The smallest absolute Gasteiger partial charge is 0.374 e. The van der Waals surface area contributed by atoms with Crippen molar-refractivity contribution in [3.05, 3.63) is 12.0 Å². The second kappa shape index (κ2) is 3.20. The molecule has 80 valence electrons. The number of furan rings is 1. The van der Waals surface area contributed by atoms with E-state index in [9.17, 15) is 4.79 Å². The standard InChI is InChI=1S/C10H11NO3S/c12-10(13)9-8-7(4-14-9)15-6(3-11-8)5-1-2-5/h4-6,11H,1-3H2,(H,12,13). The molecule has 2 aliphatic rings. The van der Waals surface area contributed by atoms with E-state index in [2.05, 4.69) is 5.32 Å². The van der Waals surface area contributed by atoms with Crippen LogP contribution in [-0.4, -0.2) is 22.9 Å². The van der Waals surface area contributed by atoms with Gasteiger partial charge in [0.2, 0.25) is 5.76 Å². The van der Waals surface area contributed by atoms with Crippen LogP contribution in [0.2, 0.25) is 0 Å². The minimum atomic E-state index is -1.01. The van der Waals surface area contributed by atoms with Crippen molar-refractivity contribution in [2.24, 2.45) is 5.92 Å². The van der Waals surface area contributed by atoms with Gasteiger partial charge in [-0.25, -0.2) is 4.79 Å². The average molecular weight is 225 g/mol. The van der Waals surface area contributed by atoms with E-state index in [1.54, 1.807) is 18.0 Å². The molecule has 1 aromatic heterocycles. The zero-order chi connectivity index (χ0) is 10.4. The van der Waals surface area contributed by atoms with Gasteiger partial charge >= 0.3 is 5.97 Å². The quantitative estimate of drug-likeness (QED) is 0.808. The highest BCUT2D eigenvalue weighted by atomic mass is 32.2. The molecule has 5 heteroatoms. The highest BCUT2D eigenvalue weighted by Crippen LogP contribution is 2.47. The lowest BCUT2D eigenvalue weighted by atomic mass is 10.2. The Bertz CT molecular complexity index is 411. The van der Waals surface area contributed by atoms with Crippen molar-refractivity contribution in [3.63, 3.8) is 0 Å². The molecule has 15 heavy (non-hydrogen) atoms. The molecule has 0 radical (unpaired) electrons. The molecule has 1 saturated carbocycles. The van der Waals surface area contributed by atoms with E-state index >= 15 is 0 Å². The Balaban J connectivity index is 1.87. The molecule has 0 spiro atoms. The highest BCUT2D eigenvalue weighted by Gasteiger charge is 2.36. The van der Waals surface area contributed by atoms with Crippen molar-refractivity contribution >= 4 is 23.4 Å². The molecule has 1 aromatic rings. The first-order chi connectivity index (χ1) is 7.25. The number of carboxylic acids is 1. The maximum atomic E-state index is 10.8. The molecule has 3 rings (SSSR count). The fourth-order valence-corrected chi connectivity index (χ4v) is 3.24. The van der Waals surface area contributed by atoms with Crippen LogP contribution in [0.25, 0.3) is 0 Å². The predicted molar refractivity (Wildman–Crippen MR) is 56.5 cm³/mol. The number of hydrogen-bond acceptors (Lipinski definition) is 4. The molecule has 0 bridgehead atoms. The van der Waals surface area contributed by atoms with E-state index in [1.807, 2.05) is 0 Å². The number of thioether (sulfide) groups is 1. The first-order valence-corrected chi connectivity index (χ1v) is 5.89. The molecular weight excluding hydrogens is 214 g/mol. The second-order valence-electron chi connectivity index (χ2n) is 3.98. The zero-order valence-electron chi connectivity index (χ0n) is 8.03. The monoisotopic (exact) mass is 225 g/mol. The number of carbonyl (C=O) groups is 1. The topological polar surface area (TPSA) is 62.5 Å². The van der Waals surface area contributed by atoms with Crippen LogP contribution in [0.5, 0.6) is 0 Å². The molecule has 4 nitrogen and oxygen atoms in total. The number of aromatic carboxylic acids is 1. The van der Waals surface area contributed by atoms with Crippen molar-refractivity contribution in [3.8, 4) is 0 Å². The Morgan fingerprint density at radius 1 is 1.60 bits per heavy atom. The summed E-state index contributed by atoms with van der Waals surface area (Å²) in [6.45, 7) is 0.849. The van der Waals surface area contributed by atoms with Gasteiger partial charge in [-0.3, -0.25) is 0 Å². The molecular formula is C10H11NO3S. The van der Waals surface area contributed by atoms with Crippen LogP contribution in [0.1, 0.15) is 23.4 Å². The molecule has 1 unspecified atom stereocenters. The van der Waals surface area contributed by atoms with Gasteiger partial charge in [-0.1, -0.05) is 0 Å². The maximum Gasteiger partial charge on any atom is 0.374 e. The van der Waals surface area contributed by atoms with Crippen LogP contribution in [-0.2, 0) is 0 Å². The predicted octanol–water partition coefficient (Wildman–Crippen LogP) is 2.27. The molecule has 0 aromatic carbocycles. The molecule has 1 atom stereocenters. The number of rotatable bonds is 2. The number of nitrogens with one attached hydrogen (secondary N) is 1. The summed E-state index contributed by atoms with van der Waals surface area (Å²) in [6.07, 6.45) is 4.15. The summed E-state index contributed by atoms with van der Waals surface area (Å²) in [5, 5.41) is 12.6. The van der Waals surface area contributed by atoms with E-state index in [0.717, 1.165) is 17.4 Å². The van der Waals surface area contributed by atoms with E-state index < -0.39 is 5.97 Å².